The van der Waals surface area contributed by atoms with E-state index < -0.39 is 5.63 Å². The number of fused-ring (bicyclic) bond motifs is 1. The third kappa shape index (κ3) is 2.46. The second-order valence-electron chi connectivity index (χ2n) is 5.94. The molecule has 1 aromatic heterocycles. The summed E-state index contributed by atoms with van der Waals surface area (Å²) < 4.78 is 5.27. The monoisotopic (exact) mass is 285 g/mol. The predicted molar refractivity (Wildman–Crippen MR) is 81.4 cm³/mol. The van der Waals surface area contributed by atoms with Gasteiger partial charge in [-0.3, -0.25) is 4.79 Å². The lowest BCUT2D eigenvalue weighted by Crippen LogP contribution is -2.40. The number of para-hydroxylation sites is 1. The number of likely N-dealkylation sites (tertiary alicyclic amines) is 1. The van der Waals surface area contributed by atoms with E-state index >= 15 is 0 Å². The van der Waals surface area contributed by atoms with Gasteiger partial charge in [-0.15, -0.1) is 0 Å². The second-order valence-corrected chi connectivity index (χ2v) is 5.94. The number of rotatable bonds is 2. The summed E-state index contributed by atoms with van der Waals surface area (Å²) in [7, 11) is 0. The highest BCUT2D eigenvalue weighted by Crippen LogP contribution is 2.25. The van der Waals surface area contributed by atoms with E-state index in [0.29, 0.717) is 18.0 Å². The quantitative estimate of drug-likeness (QED) is 0.797. The Labute approximate surface area is 123 Å². The molecule has 1 amide bonds. The van der Waals surface area contributed by atoms with Crippen LogP contribution in [0.3, 0.4) is 0 Å². The lowest BCUT2D eigenvalue weighted by molar-refractivity contribution is 0.0697. The van der Waals surface area contributed by atoms with Gasteiger partial charge in [-0.05, 0) is 30.9 Å². The first-order valence-electron chi connectivity index (χ1n) is 7.42. The minimum atomic E-state index is -0.548. The zero-order chi connectivity index (χ0) is 15.0. The van der Waals surface area contributed by atoms with Crippen LogP contribution in [0.15, 0.2) is 39.5 Å². The molecule has 4 nitrogen and oxygen atoms in total. The molecule has 1 aliphatic heterocycles. The maximum Gasteiger partial charge on any atom is 0.349 e. The number of nitrogens with zero attached hydrogens (tertiary/aromatic N) is 1. The van der Waals surface area contributed by atoms with Gasteiger partial charge < -0.3 is 9.32 Å². The lowest BCUT2D eigenvalue weighted by Gasteiger charge is -2.27. The number of hydrogen-bond donors (Lipinski definition) is 0. The second kappa shape index (κ2) is 5.35. The van der Waals surface area contributed by atoms with Crippen LogP contribution in [0.5, 0.6) is 0 Å². The molecule has 0 N–H and O–H groups in total. The Morgan fingerprint density at radius 3 is 2.86 bits per heavy atom. The Bertz CT molecular complexity index is 732. The molecular weight excluding hydrogens is 266 g/mol. The molecule has 1 aromatic carbocycles. The van der Waals surface area contributed by atoms with Crippen molar-refractivity contribution in [3.63, 3.8) is 0 Å². The number of carbonyl (C=O) groups is 1. The van der Waals surface area contributed by atoms with Gasteiger partial charge in [0.15, 0.2) is 0 Å². The van der Waals surface area contributed by atoms with E-state index in [1.807, 2.05) is 23.1 Å². The number of hydrogen-bond acceptors (Lipinski definition) is 3. The van der Waals surface area contributed by atoms with Crippen molar-refractivity contribution in [3.8, 4) is 0 Å². The van der Waals surface area contributed by atoms with Gasteiger partial charge >= 0.3 is 5.63 Å². The summed E-state index contributed by atoms with van der Waals surface area (Å²) in [6.45, 7) is 4.94. The van der Waals surface area contributed by atoms with E-state index in [4.69, 9.17) is 4.42 Å². The molecule has 1 aliphatic rings. The molecule has 4 heteroatoms. The number of benzene rings is 1. The van der Waals surface area contributed by atoms with E-state index in [0.717, 1.165) is 18.2 Å². The van der Waals surface area contributed by atoms with Gasteiger partial charge in [-0.1, -0.05) is 32.0 Å². The molecule has 110 valence electrons. The van der Waals surface area contributed by atoms with E-state index in [9.17, 15) is 9.59 Å². The maximum absolute atomic E-state index is 12.7. The van der Waals surface area contributed by atoms with Crippen molar-refractivity contribution < 1.29 is 9.21 Å². The molecule has 0 spiro atoms. The summed E-state index contributed by atoms with van der Waals surface area (Å²) in [6.07, 6.45) is 2.00. The number of amides is 1. The smallest absolute Gasteiger partial charge is 0.349 e. The van der Waals surface area contributed by atoms with Gasteiger partial charge in [-0.2, -0.15) is 0 Å². The highest BCUT2D eigenvalue weighted by molar-refractivity contribution is 5.97. The predicted octanol–water partition coefficient (Wildman–Crippen LogP) is 3.05. The first-order chi connectivity index (χ1) is 10.1. The zero-order valence-corrected chi connectivity index (χ0v) is 12.3. The van der Waals surface area contributed by atoms with E-state index in [1.54, 1.807) is 12.1 Å². The topological polar surface area (TPSA) is 50.5 Å². The van der Waals surface area contributed by atoms with Crippen LogP contribution in [0.1, 0.15) is 37.0 Å². The van der Waals surface area contributed by atoms with Gasteiger partial charge in [0, 0.05) is 18.0 Å². The van der Waals surface area contributed by atoms with Crippen LogP contribution in [-0.2, 0) is 0 Å². The van der Waals surface area contributed by atoms with Gasteiger partial charge in [-0.25, -0.2) is 4.79 Å². The SMILES string of the molecule is CC(C)C1CCCN1C(=O)c1cc2ccccc2oc1=O. The average Bonchev–Trinajstić information content (AvgIpc) is 2.95. The molecule has 0 bridgehead atoms. The molecule has 1 unspecified atom stereocenters. The molecule has 2 heterocycles. The highest BCUT2D eigenvalue weighted by atomic mass is 16.4. The highest BCUT2D eigenvalue weighted by Gasteiger charge is 2.32. The van der Waals surface area contributed by atoms with Crippen molar-refractivity contribution in [1.82, 2.24) is 4.90 Å². The summed E-state index contributed by atoms with van der Waals surface area (Å²) in [5, 5.41) is 0.778. The van der Waals surface area contributed by atoms with Crippen molar-refractivity contribution in [2.45, 2.75) is 32.7 Å². The third-order valence-corrected chi connectivity index (χ3v) is 4.20. The van der Waals surface area contributed by atoms with Crippen LogP contribution in [0.2, 0.25) is 0 Å². The molecule has 0 saturated carbocycles. The average molecular weight is 285 g/mol. The van der Waals surface area contributed by atoms with Gasteiger partial charge in [0.25, 0.3) is 5.91 Å². The van der Waals surface area contributed by atoms with Crippen LogP contribution >= 0.6 is 0 Å². The Balaban J connectivity index is 2.01. The molecule has 2 aromatic rings. The Morgan fingerprint density at radius 2 is 2.10 bits per heavy atom. The van der Waals surface area contributed by atoms with Crippen LogP contribution in [-0.4, -0.2) is 23.4 Å². The number of carbonyl (C=O) groups excluding carboxylic acids is 1. The standard InChI is InChI=1S/C17H19NO3/c1-11(2)14-7-5-9-18(14)16(19)13-10-12-6-3-4-8-15(12)21-17(13)20/h3-4,6,8,10-11,14H,5,7,9H2,1-2H3. The van der Waals surface area contributed by atoms with E-state index in [2.05, 4.69) is 13.8 Å². The lowest BCUT2D eigenvalue weighted by atomic mass is 10.0. The first kappa shape index (κ1) is 13.9. The van der Waals surface area contributed by atoms with E-state index in [-0.39, 0.29) is 17.5 Å². The molecule has 21 heavy (non-hydrogen) atoms. The first-order valence-corrected chi connectivity index (χ1v) is 7.42. The fourth-order valence-corrected chi connectivity index (χ4v) is 3.10. The summed E-state index contributed by atoms with van der Waals surface area (Å²) in [6, 6.07) is 9.12. The van der Waals surface area contributed by atoms with Gasteiger partial charge in [0.05, 0.1) is 0 Å². The van der Waals surface area contributed by atoms with Crippen molar-refractivity contribution in [3.05, 3.63) is 46.3 Å². The Morgan fingerprint density at radius 1 is 1.33 bits per heavy atom. The van der Waals surface area contributed by atoms with Crippen molar-refractivity contribution in [1.29, 1.82) is 0 Å². The molecular formula is C17H19NO3. The van der Waals surface area contributed by atoms with Crippen molar-refractivity contribution >= 4 is 16.9 Å². The molecule has 1 atom stereocenters. The normalized spacial score (nSPS) is 18.6. The fraction of sp³-hybridized carbons (Fsp3) is 0.412. The third-order valence-electron chi connectivity index (χ3n) is 4.20. The van der Waals surface area contributed by atoms with Gasteiger partial charge in [0.2, 0.25) is 0 Å². The summed E-state index contributed by atoms with van der Waals surface area (Å²) in [5.41, 5.74) is 0.107. The Hall–Kier alpha value is -2.10. The van der Waals surface area contributed by atoms with Crippen molar-refractivity contribution in [2.24, 2.45) is 5.92 Å². The summed E-state index contributed by atoms with van der Waals surface area (Å²) >= 11 is 0. The fourth-order valence-electron chi connectivity index (χ4n) is 3.10. The summed E-state index contributed by atoms with van der Waals surface area (Å²) in [5.74, 6) is 0.189. The van der Waals surface area contributed by atoms with Crippen LogP contribution in [0.4, 0.5) is 0 Å². The van der Waals surface area contributed by atoms with Gasteiger partial charge in [0.1, 0.15) is 11.1 Å². The molecule has 0 radical (unpaired) electrons. The van der Waals surface area contributed by atoms with Crippen LogP contribution in [0, 0.1) is 5.92 Å². The molecule has 1 saturated heterocycles. The zero-order valence-electron chi connectivity index (χ0n) is 12.3. The van der Waals surface area contributed by atoms with Crippen LogP contribution < -0.4 is 5.63 Å². The van der Waals surface area contributed by atoms with Crippen molar-refractivity contribution in [2.75, 3.05) is 6.54 Å². The summed E-state index contributed by atoms with van der Waals surface area (Å²) in [4.78, 5) is 26.6. The minimum absolute atomic E-state index is 0.140. The Kier molecular flexibility index (Phi) is 3.53. The molecule has 1 fully saturated rings. The molecule has 0 aliphatic carbocycles. The van der Waals surface area contributed by atoms with Crippen LogP contribution in [0.25, 0.3) is 11.0 Å². The maximum atomic E-state index is 12.7. The van der Waals surface area contributed by atoms with E-state index in [1.165, 1.54) is 0 Å². The largest absolute Gasteiger partial charge is 0.422 e. The molecule has 3 rings (SSSR count). The minimum Gasteiger partial charge on any atom is -0.422 e.